The summed E-state index contributed by atoms with van der Waals surface area (Å²) in [5, 5.41) is 9.17. The summed E-state index contributed by atoms with van der Waals surface area (Å²) in [6.07, 6.45) is 1.34. The van der Waals surface area contributed by atoms with Crippen LogP contribution in [0, 0.1) is 5.92 Å². The minimum Gasteiger partial charge on any atom is -0.465 e. The van der Waals surface area contributed by atoms with Gasteiger partial charge in [-0.3, -0.25) is 4.79 Å². The number of carbonyl (C=O) groups is 1. The van der Waals surface area contributed by atoms with Crippen LogP contribution in [0.5, 0.6) is 0 Å². The highest BCUT2D eigenvalue weighted by atomic mass is 16.5. The van der Waals surface area contributed by atoms with E-state index in [4.69, 9.17) is 5.11 Å². The van der Waals surface area contributed by atoms with Gasteiger partial charge in [0.15, 0.2) is 0 Å². The minimum atomic E-state index is -0.598. The van der Waals surface area contributed by atoms with Gasteiger partial charge in [0.25, 0.3) is 0 Å². The van der Waals surface area contributed by atoms with Crippen LogP contribution in [-0.4, -0.2) is 23.8 Å². The number of rotatable bonds is 1. The summed E-state index contributed by atoms with van der Waals surface area (Å²) in [5.74, 6) is -0.887. The lowest BCUT2D eigenvalue weighted by Crippen LogP contribution is -2.34. The Labute approximate surface area is 59.3 Å². The van der Waals surface area contributed by atoms with Crippen LogP contribution >= 0.6 is 0 Å². The predicted octanol–water partition coefficient (Wildman–Crippen LogP) is 0.0964. The molecule has 0 aliphatic carbocycles. The molecule has 10 heavy (non-hydrogen) atoms. The second-order valence-corrected chi connectivity index (χ2v) is 2.29. The highest BCUT2D eigenvalue weighted by Gasteiger charge is 2.29. The minimum absolute atomic E-state index is 0.324. The van der Waals surface area contributed by atoms with E-state index in [-0.39, 0.29) is 5.97 Å². The Hall–Kier alpha value is -0.830. The van der Waals surface area contributed by atoms with Gasteiger partial charge in [0.1, 0.15) is 5.92 Å². The number of ether oxygens (including phenoxy) is 1. The number of carbonyl (C=O) groups excluding carboxylic acids is 1. The van der Waals surface area contributed by atoms with Gasteiger partial charge in [-0.05, 0) is 0 Å². The molecule has 1 saturated heterocycles. The van der Waals surface area contributed by atoms with E-state index in [2.05, 4.69) is 11.3 Å². The molecule has 0 aromatic heterocycles. The number of hydrogen-bond acceptors (Lipinski definition) is 3. The molecule has 1 rings (SSSR count). The first-order chi connectivity index (χ1) is 4.75. The number of aliphatic hydroxyl groups is 1. The fourth-order valence-electron chi connectivity index (χ4n) is 0.966. The van der Waals surface area contributed by atoms with Gasteiger partial charge in [-0.1, -0.05) is 6.08 Å². The van der Waals surface area contributed by atoms with Crippen molar-refractivity contribution in [3.05, 3.63) is 12.7 Å². The largest absolute Gasteiger partial charge is 0.465 e. The van der Waals surface area contributed by atoms with Crippen molar-refractivity contribution in [1.82, 2.24) is 0 Å². The summed E-state index contributed by atoms with van der Waals surface area (Å²) in [5.41, 5.74) is 0. The summed E-state index contributed by atoms with van der Waals surface area (Å²) in [6.45, 7) is 3.75. The molecule has 1 fully saturated rings. The van der Waals surface area contributed by atoms with Crippen molar-refractivity contribution in [2.75, 3.05) is 6.61 Å². The molecule has 3 nitrogen and oxygen atoms in total. The summed E-state index contributed by atoms with van der Waals surface area (Å²) >= 11 is 0. The Morgan fingerprint density at radius 2 is 2.50 bits per heavy atom. The Morgan fingerprint density at radius 1 is 1.80 bits per heavy atom. The molecule has 1 heterocycles. The smallest absolute Gasteiger partial charge is 0.315 e. The number of hydrogen-bond donors (Lipinski definition) is 1. The molecule has 0 saturated carbocycles. The van der Waals surface area contributed by atoms with E-state index < -0.39 is 12.0 Å². The van der Waals surface area contributed by atoms with Crippen LogP contribution in [0.25, 0.3) is 0 Å². The Balaban J connectivity index is 2.62. The maximum absolute atomic E-state index is 10.8. The lowest BCUT2D eigenvalue weighted by molar-refractivity contribution is -0.157. The lowest BCUT2D eigenvalue weighted by Gasteiger charge is -2.23. The standard InChI is InChI=1S/C7H10O3/c1-2-5-6(8)3-4-10-7(5)9/h2,5-6,8H,1,3-4H2/t5-,6?/m1/s1. The average molecular weight is 142 g/mol. The molecule has 1 aliphatic rings. The first-order valence-corrected chi connectivity index (χ1v) is 3.23. The van der Waals surface area contributed by atoms with E-state index in [9.17, 15) is 4.79 Å². The van der Waals surface area contributed by atoms with Gasteiger partial charge in [0, 0.05) is 6.42 Å². The van der Waals surface area contributed by atoms with E-state index in [0.717, 1.165) is 0 Å². The van der Waals surface area contributed by atoms with Gasteiger partial charge in [0.2, 0.25) is 0 Å². The molecular formula is C7H10O3. The number of cyclic esters (lactones) is 1. The van der Waals surface area contributed by atoms with Crippen molar-refractivity contribution < 1.29 is 14.6 Å². The van der Waals surface area contributed by atoms with E-state index >= 15 is 0 Å². The monoisotopic (exact) mass is 142 g/mol. The van der Waals surface area contributed by atoms with Crippen molar-refractivity contribution in [2.45, 2.75) is 12.5 Å². The first-order valence-electron chi connectivity index (χ1n) is 3.23. The average Bonchev–Trinajstić information content (AvgIpc) is 1.88. The van der Waals surface area contributed by atoms with Gasteiger partial charge in [-0.25, -0.2) is 0 Å². The summed E-state index contributed by atoms with van der Waals surface area (Å²) in [7, 11) is 0. The van der Waals surface area contributed by atoms with Gasteiger partial charge >= 0.3 is 5.97 Å². The molecule has 3 heteroatoms. The van der Waals surface area contributed by atoms with E-state index in [0.29, 0.717) is 13.0 Å². The third kappa shape index (κ3) is 1.19. The third-order valence-electron chi connectivity index (χ3n) is 1.60. The quantitative estimate of drug-likeness (QED) is 0.417. The Bertz CT molecular complexity index is 153. The normalized spacial score (nSPS) is 33.1. The van der Waals surface area contributed by atoms with Crippen molar-refractivity contribution in [3.63, 3.8) is 0 Å². The first kappa shape index (κ1) is 7.28. The fourth-order valence-corrected chi connectivity index (χ4v) is 0.966. The highest BCUT2D eigenvalue weighted by molar-refractivity contribution is 5.75. The van der Waals surface area contributed by atoms with Gasteiger partial charge < -0.3 is 9.84 Å². The zero-order valence-electron chi connectivity index (χ0n) is 5.62. The van der Waals surface area contributed by atoms with Crippen molar-refractivity contribution >= 4 is 5.97 Å². The summed E-state index contributed by atoms with van der Waals surface area (Å²) < 4.78 is 4.68. The molecule has 1 unspecified atom stereocenters. The second-order valence-electron chi connectivity index (χ2n) is 2.29. The third-order valence-corrected chi connectivity index (χ3v) is 1.60. The topological polar surface area (TPSA) is 46.5 Å². The van der Waals surface area contributed by atoms with Crippen LogP contribution in [0.4, 0.5) is 0 Å². The molecule has 0 aromatic rings. The molecule has 0 bridgehead atoms. The summed E-state index contributed by atoms with van der Waals surface area (Å²) in [4.78, 5) is 10.8. The van der Waals surface area contributed by atoms with Crippen LogP contribution in [0.2, 0.25) is 0 Å². The molecule has 56 valence electrons. The van der Waals surface area contributed by atoms with Crippen molar-refractivity contribution in [2.24, 2.45) is 5.92 Å². The second kappa shape index (κ2) is 2.84. The Morgan fingerprint density at radius 3 is 2.90 bits per heavy atom. The van der Waals surface area contributed by atoms with E-state index in [1.165, 1.54) is 6.08 Å². The van der Waals surface area contributed by atoms with E-state index in [1.54, 1.807) is 0 Å². The zero-order chi connectivity index (χ0) is 7.56. The number of esters is 1. The molecule has 0 amide bonds. The molecule has 1 N–H and O–H groups in total. The SMILES string of the molecule is C=C[C@H]1C(=O)OCCC1O. The van der Waals surface area contributed by atoms with Crippen LogP contribution in [0.15, 0.2) is 12.7 Å². The Kier molecular flexibility index (Phi) is 2.06. The molecule has 1 aliphatic heterocycles. The van der Waals surface area contributed by atoms with Crippen LogP contribution < -0.4 is 0 Å². The van der Waals surface area contributed by atoms with Crippen molar-refractivity contribution in [3.8, 4) is 0 Å². The van der Waals surface area contributed by atoms with Crippen molar-refractivity contribution in [1.29, 1.82) is 0 Å². The maximum Gasteiger partial charge on any atom is 0.315 e. The van der Waals surface area contributed by atoms with E-state index in [1.807, 2.05) is 0 Å². The lowest BCUT2D eigenvalue weighted by atomic mass is 9.98. The molecule has 0 aromatic carbocycles. The predicted molar refractivity (Wildman–Crippen MR) is 35.3 cm³/mol. The maximum atomic E-state index is 10.8. The van der Waals surface area contributed by atoms with Crippen LogP contribution in [0.1, 0.15) is 6.42 Å². The van der Waals surface area contributed by atoms with Gasteiger partial charge in [0.05, 0.1) is 12.7 Å². The number of aliphatic hydroxyl groups excluding tert-OH is 1. The fraction of sp³-hybridized carbons (Fsp3) is 0.571. The summed E-state index contributed by atoms with van der Waals surface area (Å²) in [6, 6.07) is 0. The molecule has 2 atom stereocenters. The molecule has 0 radical (unpaired) electrons. The van der Waals surface area contributed by atoms with Crippen LogP contribution in [0.3, 0.4) is 0 Å². The van der Waals surface area contributed by atoms with Crippen LogP contribution in [-0.2, 0) is 9.53 Å². The molecular weight excluding hydrogens is 132 g/mol. The zero-order valence-corrected chi connectivity index (χ0v) is 5.62. The molecule has 0 spiro atoms. The van der Waals surface area contributed by atoms with Gasteiger partial charge in [-0.15, -0.1) is 6.58 Å². The highest BCUT2D eigenvalue weighted by Crippen LogP contribution is 2.16. The van der Waals surface area contributed by atoms with Gasteiger partial charge in [-0.2, -0.15) is 0 Å².